The monoisotopic (exact) mass is 429 g/mol. The van der Waals surface area contributed by atoms with E-state index in [0.29, 0.717) is 17.8 Å². The number of carbonyl (C=O) groups is 2. The number of carbonyl (C=O) groups excluding carboxylic acids is 2. The van der Waals surface area contributed by atoms with Crippen molar-refractivity contribution in [3.8, 4) is 0 Å². The molecule has 0 saturated carbocycles. The molecule has 5 nitrogen and oxygen atoms in total. The Morgan fingerprint density at radius 1 is 1.10 bits per heavy atom. The molecule has 0 radical (unpaired) electrons. The molecule has 1 aromatic heterocycles. The third-order valence-corrected chi connectivity index (χ3v) is 6.42. The van der Waals surface area contributed by atoms with Gasteiger partial charge in [0, 0.05) is 38.2 Å². The van der Waals surface area contributed by atoms with Gasteiger partial charge in [-0.3, -0.25) is 9.59 Å². The van der Waals surface area contributed by atoms with Gasteiger partial charge in [-0.25, -0.2) is 8.78 Å². The molecule has 2 aliphatic rings. The highest BCUT2D eigenvalue weighted by Crippen LogP contribution is 2.30. The number of hydrogen-bond donors (Lipinski definition) is 1. The summed E-state index contributed by atoms with van der Waals surface area (Å²) in [5.74, 6) is -3.15. The molecular formula is C24H29F2N3O2. The lowest BCUT2D eigenvalue weighted by molar-refractivity contribution is -0.0495. The molecule has 0 aliphatic carbocycles. The van der Waals surface area contributed by atoms with E-state index in [1.165, 1.54) is 4.90 Å². The predicted molar refractivity (Wildman–Crippen MR) is 114 cm³/mol. The fourth-order valence-corrected chi connectivity index (χ4v) is 4.59. The van der Waals surface area contributed by atoms with Gasteiger partial charge in [-0.1, -0.05) is 37.3 Å². The van der Waals surface area contributed by atoms with Crippen molar-refractivity contribution < 1.29 is 18.4 Å². The predicted octanol–water partition coefficient (Wildman–Crippen LogP) is 4.58. The fraction of sp³-hybridized carbons (Fsp3) is 0.500. The van der Waals surface area contributed by atoms with Crippen LogP contribution >= 0.6 is 0 Å². The lowest BCUT2D eigenvalue weighted by Crippen LogP contribution is -2.43. The Morgan fingerprint density at radius 2 is 1.81 bits per heavy atom. The molecule has 1 aromatic carbocycles. The first kappa shape index (κ1) is 21.5. The van der Waals surface area contributed by atoms with Crippen LogP contribution in [0.25, 0.3) is 0 Å². The average molecular weight is 430 g/mol. The van der Waals surface area contributed by atoms with Crippen LogP contribution in [0.1, 0.15) is 77.2 Å². The van der Waals surface area contributed by atoms with Crippen molar-refractivity contribution in [2.24, 2.45) is 0 Å². The van der Waals surface area contributed by atoms with Crippen LogP contribution in [0.5, 0.6) is 0 Å². The highest BCUT2D eigenvalue weighted by Gasteiger charge is 2.37. The van der Waals surface area contributed by atoms with E-state index in [1.807, 2.05) is 41.8 Å². The first-order valence-electron chi connectivity index (χ1n) is 11.1. The van der Waals surface area contributed by atoms with E-state index in [9.17, 15) is 18.4 Å². The summed E-state index contributed by atoms with van der Waals surface area (Å²) in [6.45, 7) is 2.78. The Balaban J connectivity index is 1.58. The summed E-state index contributed by atoms with van der Waals surface area (Å²) in [5.41, 5.74) is 2.88. The third-order valence-electron chi connectivity index (χ3n) is 6.42. The first-order valence-corrected chi connectivity index (χ1v) is 11.1. The van der Waals surface area contributed by atoms with Crippen molar-refractivity contribution in [1.29, 1.82) is 0 Å². The van der Waals surface area contributed by atoms with E-state index in [1.54, 1.807) is 6.07 Å². The third kappa shape index (κ3) is 4.50. The van der Waals surface area contributed by atoms with Gasteiger partial charge in [-0.2, -0.15) is 0 Å². The maximum atomic E-state index is 13.5. The van der Waals surface area contributed by atoms with Crippen LogP contribution in [0.4, 0.5) is 8.78 Å². The number of hydrogen-bond acceptors (Lipinski definition) is 2. The molecule has 31 heavy (non-hydrogen) atoms. The Bertz CT molecular complexity index is 945. The van der Waals surface area contributed by atoms with E-state index in [2.05, 4.69) is 5.32 Å². The topological polar surface area (TPSA) is 54.3 Å². The molecular weight excluding hydrogens is 400 g/mol. The zero-order valence-electron chi connectivity index (χ0n) is 17.9. The van der Waals surface area contributed by atoms with Crippen LogP contribution in [0.2, 0.25) is 0 Å². The maximum Gasteiger partial charge on any atom is 0.270 e. The second-order valence-corrected chi connectivity index (χ2v) is 8.49. The van der Waals surface area contributed by atoms with Gasteiger partial charge in [0.1, 0.15) is 5.69 Å². The van der Waals surface area contributed by atoms with Gasteiger partial charge in [0.15, 0.2) is 0 Å². The number of halogens is 2. The van der Waals surface area contributed by atoms with Crippen molar-refractivity contribution in [2.45, 2.75) is 64.0 Å². The molecule has 1 unspecified atom stereocenters. The number of benzene rings is 1. The van der Waals surface area contributed by atoms with Gasteiger partial charge in [-0.05, 0) is 37.3 Å². The molecule has 1 fully saturated rings. The smallest absolute Gasteiger partial charge is 0.270 e. The van der Waals surface area contributed by atoms with Gasteiger partial charge >= 0.3 is 0 Å². The second-order valence-electron chi connectivity index (χ2n) is 8.49. The lowest BCUT2D eigenvalue weighted by Gasteiger charge is -2.32. The Hall–Kier alpha value is -2.70. The van der Waals surface area contributed by atoms with E-state index < -0.39 is 5.92 Å². The fourth-order valence-electron chi connectivity index (χ4n) is 4.59. The summed E-state index contributed by atoms with van der Waals surface area (Å²) in [6.07, 6.45) is 2.76. The van der Waals surface area contributed by atoms with E-state index >= 15 is 0 Å². The van der Waals surface area contributed by atoms with E-state index in [0.717, 1.165) is 36.9 Å². The summed E-state index contributed by atoms with van der Waals surface area (Å²) >= 11 is 0. The molecule has 3 heterocycles. The van der Waals surface area contributed by atoms with Gasteiger partial charge in [0.2, 0.25) is 0 Å². The normalized spacial score (nSPS) is 18.9. The van der Waals surface area contributed by atoms with Gasteiger partial charge in [0.05, 0.1) is 11.6 Å². The molecule has 0 spiro atoms. The van der Waals surface area contributed by atoms with Crippen LogP contribution in [-0.2, 0) is 13.0 Å². The lowest BCUT2D eigenvalue weighted by atomic mass is 10.0. The quantitative estimate of drug-likeness (QED) is 0.757. The number of nitrogens with zero attached hydrogens (tertiary/aromatic N) is 2. The Kier molecular flexibility index (Phi) is 6.12. The van der Waals surface area contributed by atoms with Crippen molar-refractivity contribution in [2.75, 3.05) is 13.1 Å². The number of piperidine rings is 1. The molecule has 1 N–H and O–H groups in total. The van der Waals surface area contributed by atoms with Crippen LogP contribution in [0, 0.1) is 0 Å². The Labute approximate surface area is 181 Å². The molecule has 1 saturated heterocycles. The highest BCUT2D eigenvalue weighted by molar-refractivity contribution is 6.01. The van der Waals surface area contributed by atoms with Gasteiger partial charge in [-0.15, -0.1) is 0 Å². The number of likely N-dealkylation sites (tertiary alicyclic amines) is 1. The molecule has 2 amide bonds. The first-order chi connectivity index (χ1) is 14.9. The summed E-state index contributed by atoms with van der Waals surface area (Å²) in [7, 11) is 0. The molecule has 0 bridgehead atoms. The zero-order chi connectivity index (χ0) is 22.0. The number of alkyl halides is 2. The number of nitrogens with one attached hydrogen (secondary N) is 1. The van der Waals surface area contributed by atoms with Crippen LogP contribution < -0.4 is 5.32 Å². The van der Waals surface area contributed by atoms with Crippen LogP contribution in [-0.4, -0.2) is 40.3 Å². The number of aromatic nitrogens is 1. The summed E-state index contributed by atoms with van der Waals surface area (Å²) in [5, 5.41) is 3.12. The minimum absolute atomic E-state index is 0.0415. The van der Waals surface area contributed by atoms with E-state index in [-0.39, 0.29) is 43.8 Å². The molecule has 166 valence electrons. The van der Waals surface area contributed by atoms with Gasteiger partial charge < -0.3 is 14.8 Å². The largest absolute Gasteiger partial charge is 0.345 e. The van der Waals surface area contributed by atoms with Crippen molar-refractivity contribution in [3.05, 3.63) is 58.9 Å². The number of rotatable bonds is 5. The number of fused-ring (bicyclic) bond motifs is 1. The average Bonchev–Trinajstić information content (AvgIpc) is 3.17. The summed E-state index contributed by atoms with van der Waals surface area (Å²) in [6, 6.07) is 11.4. The molecule has 4 rings (SSSR count). The summed E-state index contributed by atoms with van der Waals surface area (Å²) < 4.78 is 29.0. The van der Waals surface area contributed by atoms with Crippen molar-refractivity contribution in [1.82, 2.24) is 14.8 Å². The zero-order valence-corrected chi connectivity index (χ0v) is 17.9. The molecule has 2 aromatic rings. The Morgan fingerprint density at radius 3 is 2.48 bits per heavy atom. The van der Waals surface area contributed by atoms with Crippen molar-refractivity contribution in [3.63, 3.8) is 0 Å². The van der Waals surface area contributed by atoms with Crippen molar-refractivity contribution >= 4 is 11.8 Å². The highest BCUT2D eigenvalue weighted by atomic mass is 19.3. The van der Waals surface area contributed by atoms with Crippen LogP contribution in [0.3, 0.4) is 0 Å². The van der Waals surface area contributed by atoms with E-state index in [4.69, 9.17) is 0 Å². The molecule has 1 atom stereocenters. The molecule has 2 aliphatic heterocycles. The number of amides is 2. The molecule has 7 heteroatoms. The minimum Gasteiger partial charge on any atom is -0.345 e. The second kappa shape index (κ2) is 8.81. The van der Waals surface area contributed by atoms with Gasteiger partial charge in [0.25, 0.3) is 17.7 Å². The minimum atomic E-state index is -2.70. The summed E-state index contributed by atoms with van der Waals surface area (Å²) in [4.78, 5) is 27.9. The SMILES string of the molecule is CCC(NC(=O)c1cc(C(=O)N2CCC(F)(F)CC2)n2c1CCCC2)c1ccccc1. The maximum absolute atomic E-state index is 13.5. The standard InChI is InChI=1S/C24H29F2N3O2/c1-2-19(17-8-4-3-5-9-17)27-22(30)18-16-21(29-13-7-6-10-20(18)29)23(31)28-14-11-24(25,26)12-15-28/h3-5,8-9,16,19H,2,6-7,10-15H2,1H3,(H,27,30). The van der Waals surface area contributed by atoms with Crippen LogP contribution in [0.15, 0.2) is 36.4 Å².